The fourth-order valence-corrected chi connectivity index (χ4v) is 2.70. The van der Waals surface area contributed by atoms with Crippen LogP contribution in [0.1, 0.15) is 22.0 Å². The molecule has 0 spiro atoms. The second kappa shape index (κ2) is 8.20. The Morgan fingerprint density at radius 1 is 1.17 bits per heavy atom. The standard InChI is InChI=1S/C21H16ClN3O4/c1-13-11-16(8-9-17(13)22)28-12-19-24-20(25-29-19)14-4-6-15(7-5-14)23-21(26)18-3-2-10-27-18/h2-11H,12H2,1H3,(H,23,26). The van der Waals surface area contributed by atoms with Crippen molar-refractivity contribution in [1.82, 2.24) is 10.1 Å². The molecular formula is C21H16ClN3O4. The Kier molecular flexibility index (Phi) is 5.31. The number of nitrogens with zero attached hydrogens (tertiary/aromatic N) is 2. The van der Waals surface area contributed by atoms with Gasteiger partial charge in [0.15, 0.2) is 12.4 Å². The molecule has 29 heavy (non-hydrogen) atoms. The van der Waals surface area contributed by atoms with Crippen LogP contribution < -0.4 is 10.1 Å². The van der Waals surface area contributed by atoms with Crippen LogP contribution in [0.25, 0.3) is 11.4 Å². The van der Waals surface area contributed by atoms with Gasteiger partial charge in [-0.1, -0.05) is 16.8 Å². The molecule has 7 nitrogen and oxygen atoms in total. The molecular weight excluding hydrogens is 394 g/mol. The summed E-state index contributed by atoms with van der Waals surface area (Å²) in [4.78, 5) is 16.3. The maximum absolute atomic E-state index is 12.0. The molecule has 0 bridgehead atoms. The average molecular weight is 410 g/mol. The third-order valence-corrected chi connectivity index (χ3v) is 4.53. The molecule has 0 aliphatic carbocycles. The van der Waals surface area contributed by atoms with Crippen LogP contribution in [-0.2, 0) is 6.61 Å². The number of anilines is 1. The van der Waals surface area contributed by atoms with E-state index >= 15 is 0 Å². The first-order valence-electron chi connectivity index (χ1n) is 8.75. The van der Waals surface area contributed by atoms with Gasteiger partial charge < -0.3 is 19.0 Å². The molecule has 0 saturated carbocycles. The molecule has 0 fully saturated rings. The topological polar surface area (TPSA) is 90.4 Å². The van der Waals surface area contributed by atoms with Crippen molar-refractivity contribution >= 4 is 23.2 Å². The maximum Gasteiger partial charge on any atom is 0.291 e. The molecule has 1 N–H and O–H groups in total. The second-order valence-corrected chi connectivity index (χ2v) is 6.63. The smallest absolute Gasteiger partial charge is 0.291 e. The van der Waals surface area contributed by atoms with E-state index < -0.39 is 0 Å². The highest BCUT2D eigenvalue weighted by molar-refractivity contribution is 6.31. The fourth-order valence-electron chi connectivity index (χ4n) is 2.59. The highest BCUT2D eigenvalue weighted by Crippen LogP contribution is 2.23. The Bertz CT molecular complexity index is 1120. The van der Waals surface area contributed by atoms with E-state index in [4.69, 9.17) is 25.3 Å². The minimum absolute atomic E-state index is 0.144. The molecule has 0 unspecified atom stereocenters. The minimum Gasteiger partial charge on any atom is -0.484 e. The van der Waals surface area contributed by atoms with Gasteiger partial charge in [0.05, 0.1) is 6.26 Å². The van der Waals surface area contributed by atoms with Gasteiger partial charge in [0.25, 0.3) is 11.8 Å². The third kappa shape index (κ3) is 4.47. The van der Waals surface area contributed by atoms with Crippen LogP contribution in [-0.4, -0.2) is 16.0 Å². The highest BCUT2D eigenvalue weighted by atomic mass is 35.5. The van der Waals surface area contributed by atoms with Crippen molar-refractivity contribution in [3.8, 4) is 17.1 Å². The van der Waals surface area contributed by atoms with E-state index in [1.165, 1.54) is 6.26 Å². The van der Waals surface area contributed by atoms with Gasteiger partial charge >= 0.3 is 0 Å². The number of carbonyl (C=O) groups is 1. The van der Waals surface area contributed by atoms with Crippen LogP contribution in [0.3, 0.4) is 0 Å². The maximum atomic E-state index is 12.0. The molecule has 1 amide bonds. The normalized spacial score (nSPS) is 10.7. The van der Waals surface area contributed by atoms with Crippen LogP contribution in [0.15, 0.2) is 69.8 Å². The Morgan fingerprint density at radius 3 is 2.72 bits per heavy atom. The number of hydrogen-bond donors (Lipinski definition) is 1. The Hall–Kier alpha value is -3.58. The lowest BCUT2D eigenvalue weighted by Crippen LogP contribution is -2.10. The number of ether oxygens (including phenoxy) is 1. The first-order chi connectivity index (χ1) is 14.1. The monoisotopic (exact) mass is 409 g/mol. The average Bonchev–Trinajstić information content (AvgIpc) is 3.42. The van der Waals surface area contributed by atoms with E-state index in [1.54, 1.807) is 48.5 Å². The highest BCUT2D eigenvalue weighted by Gasteiger charge is 2.12. The first-order valence-corrected chi connectivity index (χ1v) is 9.13. The number of aromatic nitrogens is 2. The van der Waals surface area contributed by atoms with Crippen molar-refractivity contribution < 1.29 is 18.5 Å². The van der Waals surface area contributed by atoms with Crippen LogP contribution in [0, 0.1) is 6.92 Å². The van der Waals surface area contributed by atoms with Crippen molar-refractivity contribution in [2.75, 3.05) is 5.32 Å². The SMILES string of the molecule is Cc1cc(OCc2nc(-c3ccc(NC(=O)c4ccco4)cc3)no2)ccc1Cl. The number of carbonyl (C=O) groups excluding carboxylic acids is 1. The van der Waals surface area contributed by atoms with E-state index in [9.17, 15) is 4.79 Å². The van der Waals surface area contributed by atoms with Gasteiger partial charge in [-0.2, -0.15) is 4.98 Å². The van der Waals surface area contributed by atoms with Crippen molar-refractivity contribution in [3.63, 3.8) is 0 Å². The molecule has 2 heterocycles. The molecule has 0 aliphatic rings. The Morgan fingerprint density at radius 2 is 2.00 bits per heavy atom. The molecule has 146 valence electrons. The lowest BCUT2D eigenvalue weighted by atomic mass is 10.2. The summed E-state index contributed by atoms with van der Waals surface area (Å²) in [5.74, 6) is 1.37. The summed E-state index contributed by atoms with van der Waals surface area (Å²) in [6.45, 7) is 2.05. The summed E-state index contributed by atoms with van der Waals surface area (Å²) in [6.07, 6.45) is 1.45. The zero-order valence-electron chi connectivity index (χ0n) is 15.4. The predicted octanol–water partition coefficient (Wildman–Crippen LogP) is 5.12. The van der Waals surface area contributed by atoms with Gasteiger partial charge in [-0.05, 0) is 67.1 Å². The van der Waals surface area contributed by atoms with E-state index in [1.807, 2.05) is 13.0 Å². The molecule has 2 aromatic heterocycles. The summed E-state index contributed by atoms with van der Waals surface area (Å²) in [5, 5.41) is 7.40. The molecule has 0 radical (unpaired) electrons. The second-order valence-electron chi connectivity index (χ2n) is 6.22. The number of nitrogens with one attached hydrogen (secondary N) is 1. The van der Waals surface area contributed by atoms with Crippen molar-refractivity contribution in [3.05, 3.63) is 83.1 Å². The largest absolute Gasteiger partial charge is 0.484 e. The van der Waals surface area contributed by atoms with E-state index in [0.29, 0.717) is 28.2 Å². The molecule has 8 heteroatoms. The van der Waals surface area contributed by atoms with Crippen LogP contribution in [0.2, 0.25) is 5.02 Å². The lowest BCUT2D eigenvalue weighted by molar-refractivity contribution is 0.0996. The summed E-state index contributed by atoms with van der Waals surface area (Å²) in [7, 11) is 0. The molecule has 4 aromatic rings. The van der Waals surface area contributed by atoms with E-state index in [-0.39, 0.29) is 18.3 Å². The number of aryl methyl sites for hydroxylation is 1. The summed E-state index contributed by atoms with van der Waals surface area (Å²) < 4.78 is 16.0. The number of furan rings is 1. The molecule has 0 aliphatic heterocycles. The van der Waals surface area contributed by atoms with Gasteiger partial charge in [0.2, 0.25) is 5.82 Å². The number of benzene rings is 2. The van der Waals surface area contributed by atoms with Gasteiger partial charge in [0.1, 0.15) is 5.75 Å². The molecule has 4 rings (SSSR count). The van der Waals surface area contributed by atoms with Crippen LogP contribution in [0.4, 0.5) is 5.69 Å². The van der Waals surface area contributed by atoms with Crippen molar-refractivity contribution in [2.45, 2.75) is 13.5 Å². The van der Waals surface area contributed by atoms with Gasteiger partial charge in [-0.25, -0.2) is 0 Å². The molecule has 0 atom stereocenters. The van der Waals surface area contributed by atoms with Crippen LogP contribution >= 0.6 is 11.6 Å². The Balaban J connectivity index is 1.38. The number of amides is 1. The van der Waals surface area contributed by atoms with Gasteiger partial charge in [0, 0.05) is 16.3 Å². The zero-order chi connectivity index (χ0) is 20.2. The third-order valence-electron chi connectivity index (χ3n) is 4.11. The lowest BCUT2D eigenvalue weighted by Gasteiger charge is -2.05. The molecule has 0 saturated heterocycles. The molecule has 2 aromatic carbocycles. The fraction of sp³-hybridized carbons (Fsp3) is 0.0952. The van der Waals surface area contributed by atoms with Gasteiger partial charge in [-0.3, -0.25) is 4.79 Å². The Labute approximate surface area is 171 Å². The summed E-state index contributed by atoms with van der Waals surface area (Å²) in [6, 6.07) is 15.7. The quantitative estimate of drug-likeness (QED) is 0.475. The number of rotatable bonds is 6. The van der Waals surface area contributed by atoms with E-state index in [0.717, 1.165) is 11.1 Å². The first kappa shape index (κ1) is 18.8. The van der Waals surface area contributed by atoms with E-state index in [2.05, 4.69) is 15.5 Å². The number of halogens is 1. The van der Waals surface area contributed by atoms with Gasteiger partial charge in [-0.15, -0.1) is 0 Å². The van der Waals surface area contributed by atoms with Crippen molar-refractivity contribution in [1.29, 1.82) is 0 Å². The number of hydrogen-bond acceptors (Lipinski definition) is 6. The summed E-state index contributed by atoms with van der Waals surface area (Å²) >= 11 is 6.01. The van der Waals surface area contributed by atoms with Crippen LogP contribution in [0.5, 0.6) is 5.75 Å². The minimum atomic E-state index is -0.320. The zero-order valence-corrected chi connectivity index (χ0v) is 16.1. The predicted molar refractivity (Wildman–Crippen MR) is 107 cm³/mol. The summed E-state index contributed by atoms with van der Waals surface area (Å²) in [5.41, 5.74) is 2.30. The van der Waals surface area contributed by atoms with Crippen molar-refractivity contribution in [2.24, 2.45) is 0 Å².